The molecular formula is C17H16N2OS. The second kappa shape index (κ2) is 5.66. The molecule has 4 heteroatoms. The average Bonchev–Trinajstić information content (AvgIpc) is 3.06. The lowest BCUT2D eigenvalue weighted by atomic mass is 10.1. The fourth-order valence-corrected chi connectivity index (χ4v) is 3.20. The molecule has 1 amide bonds. The molecule has 3 aromatic rings. The number of hydrogen-bond acceptors (Lipinski definition) is 3. The van der Waals surface area contributed by atoms with Crippen molar-refractivity contribution >= 4 is 28.1 Å². The first-order valence-electron chi connectivity index (χ1n) is 6.83. The SMILES string of the molecule is C[C@H](c1cccs1)N(C)C(=O)c1cccc2ncccc12. The van der Waals surface area contributed by atoms with E-state index in [1.165, 1.54) is 4.88 Å². The van der Waals surface area contributed by atoms with Gasteiger partial charge in [0, 0.05) is 29.1 Å². The Morgan fingerprint density at radius 3 is 2.81 bits per heavy atom. The second-order valence-corrected chi connectivity index (χ2v) is 5.96. The molecule has 3 nitrogen and oxygen atoms in total. The molecule has 3 rings (SSSR count). The number of nitrogens with zero attached hydrogens (tertiary/aromatic N) is 2. The number of amides is 1. The summed E-state index contributed by atoms with van der Waals surface area (Å²) in [5.41, 5.74) is 1.55. The molecule has 0 spiro atoms. The lowest BCUT2D eigenvalue weighted by Crippen LogP contribution is -2.29. The topological polar surface area (TPSA) is 33.2 Å². The number of rotatable bonds is 3. The molecule has 0 saturated carbocycles. The van der Waals surface area contributed by atoms with Crippen molar-refractivity contribution in [2.75, 3.05) is 7.05 Å². The van der Waals surface area contributed by atoms with Gasteiger partial charge < -0.3 is 4.90 Å². The van der Waals surface area contributed by atoms with Crippen LogP contribution in [0.2, 0.25) is 0 Å². The Morgan fingerprint density at radius 1 is 1.19 bits per heavy atom. The first-order chi connectivity index (χ1) is 10.2. The summed E-state index contributed by atoms with van der Waals surface area (Å²) in [4.78, 5) is 20.1. The predicted octanol–water partition coefficient (Wildman–Crippen LogP) is 4.13. The first-order valence-corrected chi connectivity index (χ1v) is 7.71. The zero-order valence-electron chi connectivity index (χ0n) is 12.0. The zero-order chi connectivity index (χ0) is 14.8. The van der Waals surface area contributed by atoms with Crippen LogP contribution < -0.4 is 0 Å². The Bertz CT molecular complexity index is 762. The summed E-state index contributed by atoms with van der Waals surface area (Å²) in [5.74, 6) is 0.0227. The van der Waals surface area contributed by atoms with Gasteiger partial charge in [-0.25, -0.2) is 0 Å². The minimum absolute atomic E-state index is 0.0227. The first kappa shape index (κ1) is 13.8. The van der Waals surface area contributed by atoms with Gasteiger partial charge in [0.25, 0.3) is 5.91 Å². The molecule has 0 aliphatic carbocycles. The summed E-state index contributed by atoms with van der Waals surface area (Å²) in [6, 6.07) is 13.6. The molecule has 0 radical (unpaired) electrons. The van der Waals surface area contributed by atoms with Gasteiger partial charge in [0.2, 0.25) is 0 Å². The van der Waals surface area contributed by atoms with Crippen LogP contribution in [-0.4, -0.2) is 22.8 Å². The van der Waals surface area contributed by atoms with Crippen molar-refractivity contribution in [2.45, 2.75) is 13.0 Å². The quantitative estimate of drug-likeness (QED) is 0.728. The summed E-state index contributed by atoms with van der Waals surface area (Å²) in [6.45, 7) is 2.05. The third-order valence-electron chi connectivity index (χ3n) is 3.73. The van der Waals surface area contributed by atoms with Gasteiger partial charge in [0.1, 0.15) is 0 Å². The average molecular weight is 296 g/mol. The zero-order valence-corrected chi connectivity index (χ0v) is 12.8. The highest BCUT2D eigenvalue weighted by Gasteiger charge is 2.21. The summed E-state index contributed by atoms with van der Waals surface area (Å²) < 4.78 is 0. The molecule has 0 N–H and O–H groups in total. The number of benzene rings is 1. The normalized spacial score (nSPS) is 12.3. The van der Waals surface area contributed by atoms with Crippen LogP contribution in [0.3, 0.4) is 0 Å². The van der Waals surface area contributed by atoms with E-state index >= 15 is 0 Å². The highest BCUT2D eigenvalue weighted by atomic mass is 32.1. The number of hydrogen-bond donors (Lipinski definition) is 0. The van der Waals surface area contributed by atoms with Gasteiger partial charge >= 0.3 is 0 Å². The lowest BCUT2D eigenvalue weighted by molar-refractivity contribution is 0.0747. The van der Waals surface area contributed by atoms with Crippen molar-refractivity contribution in [3.8, 4) is 0 Å². The largest absolute Gasteiger partial charge is 0.334 e. The maximum Gasteiger partial charge on any atom is 0.254 e. The molecule has 0 saturated heterocycles. The van der Waals surface area contributed by atoms with E-state index < -0.39 is 0 Å². The molecule has 2 heterocycles. The van der Waals surface area contributed by atoms with Crippen LogP contribution in [0.15, 0.2) is 54.0 Å². The summed E-state index contributed by atoms with van der Waals surface area (Å²) in [7, 11) is 1.85. The van der Waals surface area contributed by atoms with Crippen LogP contribution in [0.25, 0.3) is 10.9 Å². The van der Waals surface area contributed by atoms with E-state index in [1.54, 1.807) is 22.4 Å². The van der Waals surface area contributed by atoms with Crippen molar-refractivity contribution in [3.63, 3.8) is 0 Å². The van der Waals surface area contributed by atoms with Crippen molar-refractivity contribution in [3.05, 3.63) is 64.5 Å². The number of aromatic nitrogens is 1. The highest BCUT2D eigenvalue weighted by molar-refractivity contribution is 7.10. The standard InChI is InChI=1S/C17H16N2OS/c1-12(16-9-5-11-21-16)19(2)17(20)14-6-3-8-15-13(14)7-4-10-18-15/h3-12H,1-2H3/t12-/m1/s1. The maximum absolute atomic E-state index is 12.8. The molecule has 2 aromatic heterocycles. The van der Waals surface area contributed by atoms with Crippen molar-refractivity contribution in [2.24, 2.45) is 0 Å². The molecular weight excluding hydrogens is 280 g/mol. The van der Waals surface area contributed by atoms with E-state index in [2.05, 4.69) is 11.1 Å². The van der Waals surface area contributed by atoms with Gasteiger partial charge in [-0.2, -0.15) is 0 Å². The second-order valence-electron chi connectivity index (χ2n) is 4.98. The Hall–Kier alpha value is -2.20. The Balaban J connectivity index is 1.97. The van der Waals surface area contributed by atoms with Crippen molar-refractivity contribution in [1.29, 1.82) is 0 Å². The van der Waals surface area contributed by atoms with E-state index in [1.807, 2.05) is 55.7 Å². The van der Waals surface area contributed by atoms with E-state index in [0.29, 0.717) is 5.56 Å². The van der Waals surface area contributed by atoms with Gasteiger partial charge in [-0.15, -0.1) is 11.3 Å². The van der Waals surface area contributed by atoms with Crippen LogP contribution >= 0.6 is 11.3 Å². The van der Waals surface area contributed by atoms with Gasteiger partial charge in [-0.05, 0) is 36.6 Å². The Labute approximate surface area is 127 Å². The van der Waals surface area contributed by atoms with Gasteiger partial charge in [0.05, 0.1) is 11.6 Å². The molecule has 0 fully saturated rings. The van der Waals surface area contributed by atoms with Crippen LogP contribution in [0, 0.1) is 0 Å². The smallest absolute Gasteiger partial charge is 0.254 e. The molecule has 0 aliphatic rings. The minimum Gasteiger partial charge on any atom is -0.334 e. The van der Waals surface area contributed by atoms with Crippen LogP contribution in [0.4, 0.5) is 0 Å². The van der Waals surface area contributed by atoms with Gasteiger partial charge in [-0.1, -0.05) is 18.2 Å². The molecule has 0 aliphatic heterocycles. The number of thiophene rings is 1. The molecule has 0 unspecified atom stereocenters. The van der Waals surface area contributed by atoms with Crippen molar-refractivity contribution in [1.82, 2.24) is 9.88 Å². The van der Waals surface area contributed by atoms with Crippen molar-refractivity contribution < 1.29 is 4.79 Å². The summed E-state index contributed by atoms with van der Waals surface area (Å²) in [5, 5.41) is 2.93. The van der Waals surface area contributed by atoms with Crippen LogP contribution in [0.1, 0.15) is 28.2 Å². The van der Waals surface area contributed by atoms with E-state index in [9.17, 15) is 4.79 Å². The monoisotopic (exact) mass is 296 g/mol. The number of carbonyl (C=O) groups excluding carboxylic acids is 1. The van der Waals surface area contributed by atoms with E-state index in [0.717, 1.165) is 10.9 Å². The molecule has 106 valence electrons. The molecule has 21 heavy (non-hydrogen) atoms. The fourth-order valence-electron chi connectivity index (χ4n) is 2.38. The Morgan fingerprint density at radius 2 is 2.05 bits per heavy atom. The molecule has 0 bridgehead atoms. The fraction of sp³-hybridized carbons (Fsp3) is 0.176. The highest BCUT2D eigenvalue weighted by Crippen LogP contribution is 2.26. The Kier molecular flexibility index (Phi) is 3.71. The third kappa shape index (κ3) is 2.54. The minimum atomic E-state index is 0.0227. The number of pyridine rings is 1. The number of fused-ring (bicyclic) bond motifs is 1. The van der Waals surface area contributed by atoms with Gasteiger partial charge in [0.15, 0.2) is 0 Å². The molecule has 1 atom stereocenters. The third-order valence-corrected chi connectivity index (χ3v) is 4.77. The maximum atomic E-state index is 12.8. The lowest BCUT2D eigenvalue weighted by Gasteiger charge is -2.24. The summed E-state index contributed by atoms with van der Waals surface area (Å²) >= 11 is 1.67. The summed E-state index contributed by atoms with van der Waals surface area (Å²) in [6.07, 6.45) is 1.74. The van der Waals surface area contributed by atoms with E-state index in [4.69, 9.17) is 0 Å². The molecule has 1 aromatic carbocycles. The van der Waals surface area contributed by atoms with Crippen LogP contribution in [0.5, 0.6) is 0 Å². The predicted molar refractivity (Wildman–Crippen MR) is 86.6 cm³/mol. The number of carbonyl (C=O) groups is 1. The van der Waals surface area contributed by atoms with Gasteiger partial charge in [-0.3, -0.25) is 9.78 Å². The van der Waals surface area contributed by atoms with E-state index in [-0.39, 0.29) is 11.9 Å². The van der Waals surface area contributed by atoms with Crippen LogP contribution in [-0.2, 0) is 0 Å².